The molecule has 0 unspecified atom stereocenters. The van der Waals surface area contributed by atoms with Gasteiger partial charge in [-0.1, -0.05) is 146 Å². The maximum Gasteiger partial charge on any atom is 0.329 e. The van der Waals surface area contributed by atoms with Gasteiger partial charge in [-0.25, -0.2) is 23.9 Å². The van der Waals surface area contributed by atoms with Crippen LogP contribution in [0.1, 0.15) is 112 Å². The molecule has 0 bridgehead atoms. The normalized spacial score (nSPS) is 23.2. The highest BCUT2D eigenvalue weighted by atomic mass is 16.6. The number of carbonyl (C=O) groups is 8. The molecule has 1 saturated heterocycles. The molecule has 1 fully saturated rings. The largest absolute Gasteiger partial charge is 0.451 e. The molecule has 80 heavy (non-hydrogen) atoms. The third-order valence-electron chi connectivity index (χ3n) is 14.1. The monoisotopic (exact) mass is 1110 g/mol. The lowest BCUT2D eigenvalue weighted by Crippen LogP contribution is -2.55. The van der Waals surface area contributed by atoms with Crippen molar-refractivity contribution in [1.29, 1.82) is 0 Å². The van der Waals surface area contributed by atoms with Gasteiger partial charge in [-0.3, -0.25) is 19.2 Å². The molecule has 0 spiro atoms. The molecule has 0 saturated carbocycles. The Kier molecular flexibility index (Phi) is 23.1. The van der Waals surface area contributed by atoms with Crippen LogP contribution in [0.2, 0.25) is 0 Å². The summed E-state index contributed by atoms with van der Waals surface area (Å²) in [5.41, 5.74) is 3.73. The Hall–Kier alpha value is -7.44. The number of hydrogen-bond donors (Lipinski definition) is 0. The topological polar surface area (TPSA) is 217 Å². The minimum absolute atomic E-state index is 0.0802. The fraction of sp³-hybridized carbons (Fsp3) is 0.541. The van der Waals surface area contributed by atoms with E-state index in [1.54, 1.807) is 47.1 Å². The van der Waals surface area contributed by atoms with Crippen LogP contribution in [0.3, 0.4) is 0 Å². The predicted octanol–water partition coefficient (Wildman–Crippen LogP) is 6.97. The lowest BCUT2D eigenvalue weighted by Gasteiger charge is -2.35. The lowest BCUT2D eigenvalue weighted by molar-refractivity contribution is -0.176. The number of ether oxygens (including phenoxy) is 4. The molecule has 4 aromatic rings. The first-order valence-electron chi connectivity index (χ1n) is 27.7. The Morgan fingerprint density at radius 1 is 0.425 bits per heavy atom. The third kappa shape index (κ3) is 17.5. The van der Waals surface area contributed by atoms with Crippen molar-refractivity contribution in [3.63, 3.8) is 0 Å². The Labute approximate surface area is 471 Å². The molecule has 8 atom stereocenters. The summed E-state index contributed by atoms with van der Waals surface area (Å²) in [5, 5.41) is 8.61. The highest BCUT2D eigenvalue weighted by Crippen LogP contribution is 2.25. The molecule has 3 aromatic carbocycles. The second kappa shape index (κ2) is 29.1. The number of amides is 4. The van der Waals surface area contributed by atoms with Gasteiger partial charge in [-0.05, 0) is 79.9 Å². The van der Waals surface area contributed by atoms with Crippen LogP contribution in [0.5, 0.6) is 0 Å². The van der Waals surface area contributed by atoms with Crippen molar-refractivity contribution in [3.05, 3.63) is 108 Å². The van der Waals surface area contributed by atoms with E-state index in [4.69, 9.17) is 18.9 Å². The molecule has 1 aliphatic rings. The van der Waals surface area contributed by atoms with Gasteiger partial charge in [0.05, 0.1) is 12.7 Å². The highest BCUT2D eigenvalue weighted by Gasteiger charge is 2.43. The molecule has 19 nitrogen and oxygen atoms in total. The van der Waals surface area contributed by atoms with Gasteiger partial charge in [0.1, 0.15) is 29.9 Å². The molecule has 2 heterocycles. The first-order valence-corrected chi connectivity index (χ1v) is 27.7. The number of benzene rings is 3. The first-order chi connectivity index (χ1) is 37.7. The first kappa shape index (κ1) is 63.4. The number of likely N-dealkylation sites (N-methyl/N-ethyl adjacent to an activating group) is 4. The summed E-state index contributed by atoms with van der Waals surface area (Å²) in [6.07, 6.45) is -4.04. The quantitative estimate of drug-likeness (QED) is 0.0868. The van der Waals surface area contributed by atoms with Gasteiger partial charge in [0.15, 0.2) is 24.4 Å². The minimum atomic E-state index is -1.55. The van der Waals surface area contributed by atoms with E-state index in [1.165, 1.54) is 42.0 Å². The van der Waals surface area contributed by atoms with Crippen molar-refractivity contribution in [2.24, 2.45) is 23.7 Å². The molecule has 0 aliphatic carbocycles. The SMILES string of the molecule is CC(C)C[C@H]1C(=O)O[C@H](Cc2ccc(Cn3cc(-c4ccccc4)nn3)cc2)C(=O)N(C)[C@@H](CC(C)C)C(=O)O[C@H](C)C(=O)N(C)[C@@H](CC(C)C)C(=O)O[C@H](Cc2ccccc2)C(=O)N(C)[C@@H](CC(C)C)C(=O)O[C@H](C)C(=O)N1C. The van der Waals surface area contributed by atoms with Crippen LogP contribution in [0.25, 0.3) is 11.3 Å². The summed E-state index contributed by atoms with van der Waals surface area (Å²) in [5.74, 6) is -7.38. The van der Waals surface area contributed by atoms with Crippen LogP contribution in [0.15, 0.2) is 91.1 Å². The fourth-order valence-corrected chi connectivity index (χ4v) is 9.61. The molecule has 19 heteroatoms. The van der Waals surface area contributed by atoms with Crippen molar-refractivity contribution in [3.8, 4) is 11.3 Å². The Balaban J connectivity index is 1.57. The van der Waals surface area contributed by atoms with Crippen LogP contribution in [-0.4, -0.2) is 159 Å². The van der Waals surface area contributed by atoms with Gasteiger partial charge in [0.2, 0.25) is 0 Å². The zero-order valence-electron chi connectivity index (χ0n) is 49.1. The molecule has 1 aromatic heterocycles. The summed E-state index contributed by atoms with van der Waals surface area (Å²) in [6.45, 7) is 17.9. The second-order valence-corrected chi connectivity index (χ2v) is 22.8. The molecule has 1 aliphatic heterocycles. The van der Waals surface area contributed by atoms with Crippen LogP contribution >= 0.6 is 0 Å². The van der Waals surface area contributed by atoms with Gasteiger partial charge in [-0.2, -0.15) is 0 Å². The van der Waals surface area contributed by atoms with Gasteiger partial charge in [0.25, 0.3) is 23.6 Å². The average molecular weight is 1110 g/mol. The maximum atomic E-state index is 15.0. The molecular formula is C61H83N7O12. The van der Waals surface area contributed by atoms with Crippen molar-refractivity contribution in [2.45, 2.75) is 163 Å². The Morgan fingerprint density at radius 3 is 1.12 bits per heavy atom. The lowest BCUT2D eigenvalue weighted by atomic mass is 9.99. The van der Waals surface area contributed by atoms with Crippen molar-refractivity contribution < 1.29 is 57.3 Å². The smallest absolute Gasteiger partial charge is 0.329 e. The second-order valence-electron chi connectivity index (χ2n) is 22.8. The number of esters is 4. The summed E-state index contributed by atoms with van der Waals surface area (Å²) in [6, 6.07) is 20.7. The summed E-state index contributed by atoms with van der Waals surface area (Å²) in [4.78, 5) is 121. The molecular weight excluding hydrogens is 1020 g/mol. The summed E-state index contributed by atoms with van der Waals surface area (Å²) in [7, 11) is 5.56. The van der Waals surface area contributed by atoms with Crippen LogP contribution < -0.4 is 0 Å². The molecule has 0 radical (unpaired) electrons. The van der Waals surface area contributed by atoms with E-state index in [0.717, 1.165) is 30.7 Å². The van der Waals surface area contributed by atoms with E-state index in [0.29, 0.717) is 23.4 Å². The summed E-state index contributed by atoms with van der Waals surface area (Å²) >= 11 is 0. The highest BCUT2D eigenvalue weighted by molar-refractivity contribution is 5.94. The minimum Gasteiger partial charge on any atom is -0.451 e. The number of nitrogens with zero attached hydrogens (tertiary/aromatic N) is 7. The van der Waals surface area contributed by atoms with Crippen molar-refractivity contribution in [2.75, 3.05) is 28.2 Å². The molecule has 5 rings (SSSR count). The van der Waals surface area contributed by atoms with E-state index in [2.05, 4.69) is 10.3 Å². The fourth-order valence-electron chi connectivity index (χ4n) is 9.61. The Morgan fingerprint density at radius 2 is 0.750 bits per heavy atom. The summed E-state index contributed by atoms with van der Waals surface area (Å²) < 4.78 is 25.8. The van der Waals surface area contributed by atoms with E-state index >= 15 is 4.79 Å². The number of cyclic esters (lactones) is 4. The van der Waals surface area contributed by atoms with E-state index < -0.39 is 96.1 Å². The van der Waals surface area contributed by atoms with Crippen molar-refractivity contribution in [1.82, 2.24) is 34.6 Å². The van der Waals surface area contributed by atoms with Gasteiger partial charge >= 0.3 is 23.9 Å². The van der Waals surface area contributed by atoms with E-state index in [9.17, 15) is 33.6 Å². The number of hydrogen-bond acceptors (Lipinski definition) is 14. The van der Waals surface area contributed by atoms with E-state index in [-0.39, 0.29) is 62.2 Å². The molecule has 434 valence electrons. The van der Waals surface area contributed by atoms with Crippen molar-refractivity contribution >= 4 is 47.5 Å². The Bertz CT molecular complexity index is 2710. The zero-order valence-corrected chi connectivity index (χ0v) is 49.1. The van der Waals surface area contributed by atoms with Gasteiger partial charge in [-0.15, -0.1) is 5.10 Å². The number of aromatic nitrogens is 3. The van der Waals surface area contributed by atoms with Crippen LogP contribution in [0, 0.1) is 23.7 Å². The van der Waals surface area contributed by atoms with Crippen LogP contribution in [-0.2, 0) is 76.7 Å². The van der Waals surface area contributed by atoms with Gasteiger partial charge < -0.3 is 38.5 Å². The predicted molar refractivity (Wildman–Crippen MR) is 300 cm³/mol. The average Bonchev–Trinajstić information content (AvgIpc) is 3.89. The molecule has 0 N–H and O–H groups in total. The van der Waals surface area contributed by atoms with Crippen LogP contribution in [0.4, 0.5) is 0 Å². The van der Waals surface area contributed by atoms with Gasteiger partial charge in [0, 0.05) is 46.6 Å². The zero-order chi connectivity index (χ0) is 59.1. The molecule has 4 amide bonds. The number of rotatable bonds is 15. The maximum absolute atomic E-state index is 15.0. The number of carbonyl (C=O) groups excluding carboxylic acids is 8. The standard InChI is InChI=1S/C61H83N7O12/c1-37(2)29-48-58(73)77-42(10)55(70)65(12)51(32-40(7)8)61(76)80-53(34-44-25-27-45(28-26-44)35-68-36-47(62-63-68)46-23-19-16-20-24-46)57(72)67(14)49(30-38(3)4)59(74)78-41(9)54(69)64(11)50(31-39(5)6)60(75)79-52(56(71)66(48)13)33-43-21-17-15-18-22-43/h15-28,36-42,48-53H,29-35H2,1-14H3/t41-,42-,48+,49+,50+,51+,52-,53-/m1/s1. The van der Waals surface area contributed by atoms with E-state index in [1.807, 2.05) is 104 Å². The third-order valence-corrected chi connectivity index (χ3v) is 14.1.